The van der Waals surface area contributed by atoms with Gasteiger partial charge in [-0.3, -0.25) is 4.79 Å². The zero-order chi connectivity index (χ0) is 14.5. The number of esters is 1. The van der Waals surface area contributed by atoms with Crippen LogP contribution in [0.4, 0.5) is 4.79 Å². The SMILES string of the molecule is CCOC(=O)CNC(=O)N(Cc1cccn1C)C1CC1. The Morgan fingerprint density at radius 2 is 2.25 bits per heavy atom. The summed E-state index contributed by atoms with van der Waals surface area (Å²) in [4.78, 5) is 25.2. The fourth-order valence-corrected chi connectivity index (χ4v) is 2.05. The van der Waals surface area contributed by atoms with Crippen LogP contribution >= 0.6 is 0 Å². The predicted molar refractivity (Wildman–Crippen MR) is 74.0 cm³/mol. The number of urea groups is 1. The molecule has 0 bridgehead atoms. The Hall–Kier alpha value is -1.98. The molecule has 1 fully saturated rings. The molecule has 0 unspecified atom stereocenters. The van der Waals surface area contributed by atoms with E-state index in [1.807, 2.05) is 29.9 Å². The molecule has 1 aliphatic carbocycles. The van der Waals surface area contributed by atoms with Crippen LogP contribution in [0.25, 0.3) is 0 Å². The van der Waals surface area contributed by atoms with Gasteiger partial charge in [0.25, 0.3) is 0 Å². The van der Waals surface area contributed by atoms with Gasteiger partial charge in [0.2, 0.25) is 0 Å². The van der Waals surface area contributed by atoms with Crippen molar-refractivity contribution in [2.45, 2.75) is 32.4 Å². The molecule has 20 heavy (non-hydrogen) atoms. The Bertz CT molecular complexity index is 480. The van der Waals surface area contributed by atoms with E-state index in [2.05, 4.69) is 5.32 Å². The zero-order valence-electron chi connectivity index (χ0n) is 12.0. The van der Waals surface area contributed by atoms with Crippen molar-refractivity contribution in [3.05, 3.63) is 24.0 Å². The maximum absolute atomic E-state index is 12.2. The molecule has 0 saturated heterocycles. The lowest BCUT2D eigenvalue weighted by Crippen LogP contribution is -2.43. The van der Waals surface area contributed by atoms with E-state index in [1.54, 1.807) is 11.8 Å². The molecule has 2 amide bonds. The lowest BCUT2D eigenvalue weighted by molar-refractivity contribution is -0.141. The third kappa shape index (κ3) is 3.76. The Kier molecular flexibility index (Phi) is 4.65. The number of hydrogen-bond donors (Lipinski definition) is 1. The van der Waals surface area contributed by atoms with Gasteiger partial charge in [-0.15, -0.1) is 0 Å². The van der Waals surface area contributed by atoms with Crippen LogP contribution in [0.1, 0.15) is 25.5 Å². The van der Waals surface area contributed by atoms with E-state index >= 15 is 0 Å². The first kappa shape index (κ1) is 14.4. The summed E-state index contributed by atoms with van der Waals surface area (Å²) in [5.41, 5.74) is 1.07. The van der Waals surface area contributed by atoms with Crippen molar-refractivity contribution < 1.29 is 14.3 Å². The van der Waals surface area contributed by atoms with Gasteiger partial charge in [0.1, 0.15) is 6.54 Å². The zero-order valence-corrected chi connectivity index (χ0v) is 12.0. The first-order chi connectivity index (χ1) is 9.61. The summed E-state index contributed by atoms with van der Waals surface area (Å²) in [7, 11) is 1.96. The number of ether oxygens (including phenoxy) is 1. The Morgan fingerprint density at radius 3 is 2.80 bits per heavy atom. The van der Waals surface area contributed by atoms with Gasteiger partial charge < -0.3 is 19.5 Å². The summed E-state index contributed by atoms with van der Waals surface area (Å²) in [5.74, 6) is -0.407. The molecule has 6 nitrogen and oxygen atoms in total. The minimum atomic E-state index is -0.407. The summed E-state index contributed by atoms with van der Waals surface area (Å²) >= 11 is 0. The molecular weight excluding hydrogens is 258 g/mol. The van der Waals surface area contributed by atoms with Gasteiger partial charge in [0.15, 0.2) is 0 Å². The Labute approximate surface area is 118 Å². The average Bonchev–Trinajstić information content (AvgIpc) is 3.18. The van der Waals surface area contributed by atoms with Crippen LogP contribution in [0.2, 0.25) is 0 Å². The highest BCUT2D eigenvalue weighted by molar-refractivity contribution is 5.81. The van der Waals surface area contributed by atoms with E-state index in [4.69, 9.17) is 4.74 Å². The van der Waals surface area contributed by atoms with E-state index in [-0.39, 0.29) is 18.6 Å². The van der Waals surface area contributed by atoms with Gasteiger partial charge in [0, 0.05) is 25.0 Å². The van der Waals surface area contributed by atoms with Crippen molar-refractivity contribution in [3.63, 3.8) is 0 Å². The van der Waals surface area contributed by atoms with Crippen molar-refractivity contribution in [2.24, 2.45) is 7.05 Å². The summed E-state index contributed by atoms with van der Waals surface area (Å²) in [5, 5.41) is 2.62. The first-order valence-corrected chi connectivity index (χ1v) is 6.92. The topological polar surface area (TPSA) is 63.6 Å². The first-order valence-electron chi connectivity index (χ1n) is 6.92. The van der Waals surface area contributed by atoms with Crippen LogP contribution in [-0.4, -0.2) is 40.7 Å². The molecule has 1 aromatic rings. The third-order valence-corrected chi connectivity index (χ3v) is 3.32. The van der Waals surface area contributed by atoms with E-state index < -0.39 is 5.97 Å². The molecule has 0 spiro atoms. The van der Waals surface area contributed by atoms with Crippen LogP contribution < -0.4 is 5.32 Å². The van der Waals surface area contributed by atoms with Crippen LogP contribution in [0.5, 0.6) is 0 Å². The second kappa shape index (κ2) is 6.45. The maximum Gasteiger partial charge on any atom is 0.325 e. The fourth-order valence-electron chi connectivity index (χ4n) is 2.05. The number of nitrogens with one attached hydrogen (secondary N) is 1. The molecule has 1 aliphatic rings. The van der Waals surface area contributed by atoms with Crippen molar-refractivity contribution in [1.29, 1.82) is 0 Å². The van der Waals surface area contributed by atoms with Gasteiger partial charge in [-0.2, -0.15) is 0 Å². The van der Waals surface area contributed by atoms with Crippen molar-refractivity contribution in [3.8, 4) is 0 Å². The van der Waals surface area contributed by atoms with Gasteiger partial charge in [-0.05, 0) is 31.9 Å². The van der Waals surface area contributed by atoms with Crippen molar-refractivity contribution >= 4 is 12.0 Å². The maximum atomic E-state index is 12.2. The minimum Gasteiger partial charge on any atom is -0.465 e. The number of carbonyl (C=O) groups is 2. The molecule has 1 N–H and O–H groups in total. The molecule has 0 atom stereocenters. The number of hydrogen-bond acceptors (Lipinski definition) is 3. The number of aromatic nitrogens is 1. The summed E-state index contributed by atoms with van der Waals surface area (Å²) in [6, 6.07) is 4.03. The summed E-state index contributed by atoms with van der Waals surface area (Å²) < 4.78 is 6.79. The normalized spacial score (nSPS) is 13.9. The molecule has 1 aromatic heterocycles. The van der Waals surface area contributed by atoms with Crippen molar-refractivity contribution in [1.82, 2.24) is 14.8 Å². The van der Waals surface area contributed by atoms with Crippen LogP contribution in [0, 0.1) is 0 Å². The van der Waals surface area contributed by atoms with Gasteiger partial charge in [-0.1, -0.05) is 0 Å². The number of carbonyl (C=O) groups excluding carboxylic acids is 2. The molecule has 0 aromatic carbocycles. The summed E-state index contributed by atoms with van der Waals surface area (Å²) in [6.45, 7) is 2.54. The molecule has 1 saturated carbocycles. The molecule has 0 radical (unpaired) electrons. The highest BCUT2D eigenvalue weighted by atomic mass is 16.5. The highest BCUT2D eigenvalue weighted by Crippen LogP contribution is 2.28. The quantitative estimate of drug-likeness (QED) is 0.797. The van der Waals surface area contributed by atoms with Crippen molar-refractivity contribution in [2.75, 3.05) is 13.2 Å². The van der Waals surface area contributed by atoms with E-state index in [1.165, 1.54) is 0 Å². The smallest absolute Gasteiger partial charge is 0.325 e. The van der Waals surface area contributed by atoms with Gasteiger partial charge >= 0.3 is 12.0 Å². The lowest BCUT2D eigenvalue weighted by Gasteiger charge is -2.23. The molecule has 0 aliphatic heterocycles. The lowest BCUT2D eigenvalue weighted by atomic mass is 10.3. The van der Waals surface area contributed by atoms with Crippen LogP contribution in [0.15, 0.2) is 18.3 Å². The van der Waals surface area contributed by atoms with Gasteiger partial charge in [-0.25, -0.2) is 4.79 Å². The monoisotopic (exact) mass is 279 g/mol. The number of aryl methyl sites for hydroxylation is 1. The standard InChI is InChI=1S/C14H21N3O3/c1-3-20-13(18)9-15-14(19)17(11-6-7-11)10-12-5-4-8-16(12)2/h4-5,8,11H,3,6-7,9-10H2,1-2H3,(H,15,19). The Morgan fingerprint density at radius 1 is 1.50 bits per heavy atom. The molecular formula is C14H21N3O3. The predicted octanol–water partition coefficient (Wildman–Crippen LogP) is 1.26. The van der Waals surface area contributed by atoms with E-state index in [9.17, 15) is 9.59 Å². The number of amides is 2. The number of rotatable bonds is 6. The highest BCUT2D eigenvalue weighted by Gasteiger charge is 2.33. The fraction of sp³-hybridized carbons (Fsp3) is 0.571. The molecule has 2 rings (SSSR count). The molecule has 110 valence electrons. The average molecular weight is 279 g/mol. The largest absolute Gasteiger partial charge is 0.465 e. The Balaban J connectivity index is 1.90. The second-order valence-electron chi connectivity index (χ2n) is 4.93. The van der Waals surface area contributed by atoms with Gasteiger partial charge in [0.05, 0.1) is 13.2 Å². The minimum absolute atomic E-state index is 0.0803. The molecule has 1 heterocycles. The van der Waals surface area contributed by atoms with Crippen LogP contribution in [0.3, 0.4) is 0 Å². The second-order valence-corrected chi connectivity index (χ2v) is 4.93. The van der Waals surface area contributed by atoms with E-state index in [0.717, 1.165) is 18.5 Å². The third-order valence-electron chi connectivity index (χ3n) is 3.32. The molecule has 6 heteroatoms. The van der Waals surface area contributed by atoms with E-state index in [0.29, 0.717) is 13.2 Å². The number of nitrogens with zero attached hydrogens (tertiary/aromatic N) is 2. The summed E-state index contributed by atoms with van der Waals surface area (Å²) in [6.07, 6.45) is 4.01. The van der Waals surface area contributed by atoms with Crippen LogP contribution in [-0.2, 0) is 23.1 Å².